The van der Waals surface area contributed by atoms with Gasteiger partial charge in [0.25, 0.3) is 0 Å². The van der Waals surface area contributed by atoms with Gasteiger partial charge in [-0.05, 0) is 49.4 Å². The van der Waals surface area contributed by atoms with Crippen molar-refractivity contribution in [1.82, 2.24) is 10.6 Å². The van der Waals surface area contributed by atoms with Crippen LogP contribution in [0.25, 0.3) is 11.1 Å². The van der Waals surface area contributed by atoms with Crippen LogP contribution in [0.4, 0.5) is 4.79 Å². The first-order chi connectivity index (χ1) is 29.0. The van der Waals surface area contributed by atoms with Crippen LogP contribution in [0.3, 0.4) is 0 Å². The SMILES string of the molecule is CC(C)(C)OC(=O)CCOCCOCCOCCOCCOCCOCCOCCOCCNC(=O)CC[C@H](NC(=O)OCC1c2ccccc2-c2ccccc21)C(=O)O. The molecule has 3 N–H and O–H groups in total. The highest BCUT2D eigenvalue weighted by Crippen LogP contribution is 2.44. The van der Waals surface area contributed by atoms with E-state index in [-0.39, 0.29) is 56.8 Å². The van der Waals surface area contributed by atoms with Crippen molar-refractivity contribution in [3.05, 3.63) is 59.7 Å². The van der Waals surface area contributed by atoms with Gasteiger partial charge in [0.15, 0.2) is 0 Å². The number of ether oxygens (including phenoxy) is 10. The molecule has 0 spiro atoms. The van der Waals surface area contributed by atoms with Crippen LogP contribution in [0, 0.1) is 0 Å². The number of alkyl carbamates (subject to hydrolysis) is 1. The number of benzene rings is 2. The molecule has 0 bridgehead atoms. The molecule has 0 saturated heterocycles. The first kappa shape index (κ1) is 50.2. The summed E-state index contributed by atoms with van der Waals surface area (Å²) in [7, 11) is 0. The summed E-state index contributed by atoms with van der Waals surface area (Å²) in [6.07, 6.45) is -0.841. The predicted molar refractivity (Wildman–Crippen MR) is 219 cm³/mol. The summed E-state index contributed by atoms with van der Waals surface area (Å²) >= 11 is 0. The lowest BCUT2D eigenvalue weighted by Gasteiger charge is -2.19. The highest BCUT2D eigenvalue weighted by molar-refractivity contribution is 5.82. The fraction of sp³-hybridized carbons (Fsp3) is 0.628. The molecule has 2 amide bonds. The molecule has 336 valence electrons. The highest BCUT2D eigenvalue weighted by Gasteiger charge is 2.30. The van der Waals surface area contributed by atoms with Crippen molar-refractivity contribution in [2.45, 2.75) is 57.6 Å². The van der Waals surface area contributed by atoms with E-state index in [1.54, 1.807) is 0 Å². The van der Waals surface area contributed by atoms with E-state index in [4.69, 9.17) is 47.4 Å². The zero-order chi connectivity index (χ0) is 43.3. The van der Waals surface area contributed by atoms with Crippen molar-refractivity contribution in [1.29, 1.82) is 0 Å². The maximum atomic E-state index is 12.6. The van der Waals surface area contributed by atoms with Crippen molar-refractivity contribution < 1.29 is 71.7 Å². The summed E-state index contributed by atoms with van der Waals surface area (Å²) in [4.78, 5) is 48.2. The predicted octanol–water partition coefficient (Wildman–Crippen LogP) is 3.74. The lowest BCUT2D eigenvalue weighted by atomic mass is 9.98. The summed E-state index contributed by atoms with van der Waals surface area (Å²) < 4.78 is 54.3. The molecule has 0 aromatic heterocycles. The third kappa shape index (κ3) is 21.9. The van der Waals surface area contributed by atoms with Crippen molar-refractivity contribution in [2.75, 3.05) is 119 Å². The zero-order valence-corrected chi connectivity index (χ0v) is 35.3. The Bertz CT molecular complexity index is 1490. The Hall–Kier alpha value is -4.20. The van der Waals surface area contributed by atoms with Gasteiger partial charge in [-0.25, -0.2) is 9.59 Å². The summed E-state index contributed by atoms with van der Waals surface area (Å²) in [6.45, 7) is 12.2. The van der Waals surface area contributed by atoms with Gasteiger partial charge in [0.1, 0.15) is 18.2 Å². The van der Waals surface area contributed by atoms with Crippen LogP contribution < -0.4 is 10.6 Å². The van der Waals surface area contributed by atoms with Crippen LogP contribution in [-0.4, -0.2) is 160 Å². The molecular formula is C43H64N2O15. The number of hydrogen-bond acceptors (Lipinski definition) is 14. The molecular weight excluding hydrogens is 784 g/mol. The van der Waals surface area contributed by atoms with E-state index >= 15 is 0 Å². The number of hydrogen-bond donors (Lipinski definition) is 3. The number of carboxylic acid groups (broad SMARTS) is 1. The van der Waals surface area contributed by atoms with E-state index in [2.05, 4.69) is 10.6 Å². The molecule has 0 saturated carbocycles. The summed E-state index contributed by atoms with van der Waals surface area (Å²) in [5.74, 6) is -2.05. The van der Waals surface area contributed by atoms with E-state index < -0.39 is 23.7 Å². The van der Waals surface area contributed by atoms with Crippen LogP contribution in [0.5, 0.6) is 0 Å². The van der Waals surface area contributed by atoms with Crippen LogP contribution >= 0.6 is 0 Å². The van der Waals surface area contributed by atoms with Gasteiger partial charge in [-0.3, -0.25) is 9.59 Å². The van der Waals surface area contributed by atoms with Crippen molar-refractivity contribution in [2.24, 2.45) is 0 Å². The van der Waals surface area contributed by atoms with Gasteiger partial charge in [-0.15, -0.1) is 0 Å². The van der Waals surface area contributed by atoms with Gasteiger partial charge < -0.3 is 63.1 Å². The quantitative estimate of drug-likeness (QED) is 0.0678. The lowest BCUT2D eigenvalue weighted by molar-refractivity contribution is -0.156. The van der Waals surface area contributed by atoms with Gasteiger partial charge in [0.05, 0.1) is 112 Å². The maximum Gasteiger partial charge on any atom is 0.407 e. The third-order valence-electron chi connectivity index (χ3n) is 8.64. The average Bonchev–Trinajstić information content (AvgIpc) is 3.53. The number of rotatable bonds is 34. The van der Waals surface area contributed by atoms with Crippen molar-refractivity contribution in [3.63, 3.8) is 0 Å². The van der Waals surface area contributed by atoms with Gasteiger partial charge >= 0.3 is 18.0 Å². The van der Waals surface area contributed by atoms with E-state index in [0.29, 0.717) is 99.1 Å². The molecule has 17 heteroatoms. The minimum atomic E-state index is -1.28. The Morgan fingerprint density at radius 1 is 0.600 bits per heavy atom. The molecule has 17 nitrogen and oxygen atoms in total. The normalized spacial score (nSPS) is 12.7. The smallest absolute Gasteiger partial charge is 0.407 e. The molecule has 60 heavy (non-hydrogen) atoms. The number of fused-ring (bicyclic) bond motifs is 3. The molecule has 1 aliphatic rings. The lowest BCUT2D eigenvalue weighted by Crippen LogP contribution is -2.42. The first-order valence-corrected chi connectivity index (χ1v) is 20.5. The second-order valence-electron chi connectivity index (χ2n) is 14.5. The fourth-order valence-electron chi connectivity index (χ4n) is 5.86. The summed E-state index contributed by atoms with van der Waals surface area (Å²) in [6, 6.07) is 14.6. The van der Waals surface area contributed by atoms with E-state index in [9.17, 15) is 24.3 Å². The Balaban J connectivity index is 1.03. The Morgan fingerprint density at radius 3 is 1.45 bits per heavy atom. The van der Waals surface area contributed by atoms with Gasteiger partial charge in [0.2, 0.25) is 5.91 Å². The molecule has 0 heterocycles. The minimum Gasteiger partial charge on any atom is -0.480 e. The second kappa shape index (κ2) is 29.9. The van der Waals surface area contributed by atoms with Crippen molar-refractivity contribution in [3.8, 4) is 11.1 Å². The average molecular weight is 849 g/mol. The number of esters is 1. The number of carbonyl (C=O) groups is 4. The highest BCUT2D eigenvalue weighted by atomic mass is 16.6. The topological polar surface area (TPSA) is 205 Å². The Kier molecular flexibility index (Phi) is 25.0. The second-order valence-corrected chi connectivity index (χ2v) is 14.5. The monoisotopic (exact) mass is 848 g/mol. The number of amides is 2. The molecule has 0 unspecified atom stereocenters. The van der Waals surface area contributed by atoms with Crippen molar-refractivity contribution >= 4 is 23.9 Å². The van der Waals surface area contributed by atoms with Crippen LogP contribution in [0.15, 0.2) is 48.5 Å². The van der Waals surface area contributed by atoms with Crippen LogP contribution in [0.1, 0.15) is 57.1 Å². The largest absolute Gasteiger partial charge is 0.480 e. The zero-order valence-electron chi connectivity index (χ0n) is 35.3. The van der Waals surface area contributed by atoms with E-state index in [1.165, 1.54) is 0 Å². The van der Waals surface area contributed by atoms with Crippen LogP contribution in [-0.2, 0) is 61.8 Å². The molecule has 0 aliphatic heterocycles. The van der Waals surface area contributed by atoms with E-state index in [0.717, 1.165) is 22.3 Å². The molecule has 2 aromatic carbocycles. The first-order valence-electron chi connectivity index (χ1n) is 20.5. The Morgan fingerprint density at radius 2 is 1.02 bits per heavy atom. The fourth-order valence-corrected chi connectivity index (χ4v) is 5.86. The van der Waals surface area contributed by atoms with Gasteiger partial charge in [0, 0.05) is 18.9 Å². The number of carbonyl (C=O) groups excluding carboxylic acids is 3. The number of nitrogens with one attached hydrogen (secondary N) is 2. The molecule has 2 aromatic rings. The number of aliphatic carboxylic acids is 1. The molecule has 0 fully saturated rings. The third-order valence-corrected chi connectivity index (χ3v) is 8.64. The van der Waals surface area contributed by atoms with Gasteiger partial charge in [-0.1, -0.05) is 48.5 Å². The maximum absolute atomic E-state index is 12.6. The standard InChI is InChI=1S/C43H64N2O15/c1-43(2,3)60-40(47)14-16-51-18-20-53-22-24-55-26-28-57-30-31-58-29-27-56-25-23-54-21-19-52-17-15-44-39(46)13-12-38(41(48)49)45-42(50)59-32-37-35-10-6-4-8-33(35)34-9-5-7-11-36(34)37/h4-11,37-38H,12-32H2,1-3H3,(H,44,46)(H,45,50)(H,48,49)/t38-/m0/s1. The summed E-state index contributed by atoms with van der Waals surface area (Å²) in [5, 5.41) is 14.7. The van der Waals surface area contributed by atoms with Gasteiger partial charge in [-0.2, -0.15) is 0 Å². The molecule has 1 atom stereocenters. The minimum absolute atomic E-state index is 0.0537. The van der Waals surface area contributed by atoms with Crippen LogP contribution in [0.2, 0.25) is 0 Å². The Labute approximate surface area is 352 Å². The molecule has 0 radical (unpaired) electrons. The molecule has 3 rings (SSSR count). The summed E-state index contributed by atoms with van der Waals surface area (Å²) in [5.41, 5.74) is 3.78. The number of carboxylic acids is 1. The molecule has 1 aliphatic carbocycles. The van der Waals surface area contributed by atoms with E-state index in [1.807, 2.05) is 69.3 Å².